The van der Waals surface area contributed by atoms with Crippen LogP contribution in [0.5, 0.6) is 0 Å². The minimum atomic E-state index is -4.78. The standard InChI is InChI=1S/C12H24F3N3O2/c1-11(16,12(13,14)15)10(19)18(8-9-20-4)7-5-6-17(2)3/h5-9,16H2,1-4H3. The lowest BCUT2D eigenvalue weighted by Gasteiger charge is -2.33. The van der Waals surface area contributed by atoms with Gasteiger partial charge in [0.05, 0.1) is 6.61 Å². The van der Waals surface area contributed by atoms with Crippen molar-refractivity contribution in [2.24, 2.45) is 5.73 Å². The SMILES string of the molecule is COCCN(CCCN(C)C)C(=O)C(C)(N)C(F)(F)F. The number of carbonyl (C=O) groups excluding carboxylic acids is 1. The second kappa shape index (κ2) is 7.80. The Balaban J connectivity index is 4.79. The van der Waals surface area contributed by atoms with Crippen molar-refractivity contribution in [2.45, 2.75) is 25.1 Å². The van der Waals surface area contributed by atoms with Crippen molar-refractivity contribution in [1.82, 2.24) is 9.80 Å². The quantitative estimate of drug-likeness (QED) is 0.716. The van der Waals surface area contributed by atoms with Crippen molar-refractivity contribution in [3.8, 4) is 0 Å². The number of carbonyl (C=O) groups is 1. The molecule has 120 valence electrons. The van der Waals surface area contributed by atoms with Crippen LogP contribution in [0.2, 0.25) is 0 Å². The van der Waals surface area contributed by atoms with E-state index in [9.17, 15) is 18.0 Å². The highest BCUT2D eigenvalue weighted by Gasteiger charge is 2.55. The lowest BCUT2D eigenvalue weighted by molar-refractivity contribution is -0.194. The maximum absolute atomic E-state index is 12.8. The van der Waals surface area contributed by atoms with Crippen LogP contribution in [-0.4, -0.2) is 74.9 Å². The molecule has 0 fully saturated rings. The maximum Gasteiger partial charge on any atom is 0.415 e. The summed E-state index contributed by atoms with van der Waals surface area (Å²) in [6, 6.07) is 0. The van der Waals surface area contributed by atoms with Crippen LogP contribution in [0.3, 0.4) is 0 Å². The second-order valence-electron chi connectivity index (χ2n) is 5.14. The van der Waals surface area contributed by atoms with E-state index in [1.54, 1.807) is 0 Å². The predicted octanol–water partition coefficient (Wildman–Crippen LogP) is 0.693. The molecule has 0 saturated heterocycles. The van der Waals surface area contributed by atoms with Crippen LogP contribution in [0.4, 0.5) is 13.2 Å². The van der Waals surface area contributed by atoms with Gasteiger partial charge in [-0.15, -0.1) is 0 Å². The highest BCUT2D eigenvalue weighted by Crippen LogP contribution is 2.29. The van der Waals surface area contributed by atoms with Crippen LogP contribution in [0.1, 0.15) is 13.3 Å². The number of hydrogen-bond acceptors (Lipinski definition) is 4. The lowest BCUT2D eigenvalue weighted by atomic mass is 10.0. The van der Waals surface area contributed by atoms with E-state index in [1.165, 1.54) is 7.11 Å². The summed E-state index contributed by atoms with van der Waals surface area (Å²) >= 11 is 0. The Bertz CT molecular complexity index is 307. The van der Waals surface area contributed by atoms with Gasteiger partial charge in [0, 0.05) is 20.2 Å². The molecule has 2 N–H and O–H groups in total. The number of ether oxygens (including phenoxy) is 1. The third kappa shape index (κ3) is 5.64. The number of hydrogen-bond donors (Lipinski definition) is 1. The average Bonchev–Trinajstić information content (AvgIpc) is 2.30. The number of nitrogens with zero attached hydrogens (tertiary/aromatic N) is 2. The highest BCUT2D eigenvalue weighted by molar-refractivity contribution is 5.86. The summed E-state index contributed by atoms with van der Waals surface area (Å²) in [7, 11) is 5.13. The molecule has 0 bridgehead atoms. The molecule has 0 aromatic carbocycles. The number of rotatable bonds is 8. The number of nitrogens with two attached hydrogens (primary N) is 1. The van der Waals surface area contributed by atoms with Gasteiger partial charge in [0.15, 0.2) is 5.54 Å². The molecule has 0 spiro atoms. The molecule has 0 heterocycles. The van der Waals surface area contributed by atoms with Gasteiger partial charge in [-0.2, -0.15) is 13.2 Å². The van der Waals surface area contributed by atoms with E-state index in [2.05, 4.69) is 0 Å². The highest BCUT2D eigenvalue weighted by atomic mass is 19.4. The Kier molecular flexibility index (Phi) is 7.46. The zero-order valence-corrected chi connectivity index (χ0v) is 12.5. The van der Waals surface area contributed by atoms with Gasteiger partial charge in [0.1, 0.15) is 0 Å². The van der Waals surface area contributed by atoms with E-state index < -0.39 is 17.6 Å². The van der Waals surface area contributed by atoms with Crippen LogP contribution in [0, 0.1) is 0 Å². The van der Waals surface area contributed by atoms with Crippen molar-refractivity contribution >= 4 is 5.91 Å². The first-order valence-electron chi connectivity index (χ1n) is 6.32. The average molecular weight is 299 g/mol. The van der Waals surface area contributed by atoms with Crippen LogP contribution >= 0.6 is 0 Å². The summed E-state index contributed by atoms with van der Waals surface area (Å²) < 4.78 is 43.2. The van der Waals surface area contributed by atoms with E-state index in [1.807, 2.05) is 19.0 Å². The fourth-order valence-electron chi connectivity index (χ4n) is 1.54. The number of alkyl halides is 3. The van der Waals surface area contributed by atoms with E-state index in [0.717, 1.165) is 4.90 Å². The van der Waals surface area contributed by atoms with Crippen LogP contribution in [-0.2, 0) is 9.53 Å². The Morgan fingerprint density at radius 3 is 2.15 bits per heavy atom. The first-order chi connectivity index (χ1) is 9.04. The van der Waals surface area contributed by atoms with Crippen LogP contribution < -0.4 is 5.73 Å². The van der Waals surface area contributed by atoms with Gasteiger partial charge in [-0.1, -0.05) is 0 Å². The molecule has 0 aromatic heterocycles. The molecule has 0 rings (SSSR count). The van der Waals surface area contributed by atoms with E-state index in [-0.39, 0.29) is 19.7 Å². The molecule has 20 heavy (non-hydrogen) atoms. The molecule has 1 unspecified atom stereocenters. The van der Waals surface area contributed by atoms with Crippen molar-refractivity contribution in [1.29, 1.82) is 0 Å². The fraction of sp³-hybridized carbons (Fsp3) is 0.917. The van der Waals surface area contributed by atoms with Gasteiger partial charge in [-0.05, 0) is 34.0 Å². The van der Waals surface area contributed by atoms with Crippen molar-refractivity contribution in [3.05, 3.63) is 0 Å². The fourth-order valence-corrected chi connectivity index (χ4v) is 1.54. The molecule has 8 heteroatoms. The van der Waals surface area contributed by atoms with Crippen molar-refractivity contribution in [3.63, 3.8) is 0 Å². The largest absolute Gasteiger partial charge is 0.415 e. The summed E-state index contributed by atoms with van der Waals surface area (Å²) in [5.41, 5.74) is 2.30. The summed E-state index contributed by atoms with van der Waals surface area (Å²) in [5.74, 6) is -1.12. The Hall–Kier alpha value is -0.860. The summed E-state index contributed by atoms with van der Waals surface area (Å²) in [5, 5.41) is 0. The first kappa shape index (κ1) is 19.1. The normalized spacial score (nSPS) is 15.2. The van der Waals surface area contributed by atoms with E-state index in [4.69, 9.17) is 10.5 Å². The van der Waals surface area contributed by atoms with E-state index >= 15 is 0 Å². The first-order valence-corrected chi connectivity index (χ1v) is 6.32. The monoisotopic (exact) mass is 299 g/mol. The van der Waals surface area contributed by atoms with E-state index in [0.29, 0.717) is 19.9 Å². The van der Waals surface area contributed by atoms with Gasteiger partial charge in [-0.3, -0.25) is 4.79 Å². The Morgan fingerprint density at radius 1 is 1.20 bits per heavy atom. The molecule has 0 radical (unpaired) electrons. The number of halogens is 3. The number of amides is 1. The zero-order chi connectivity index (χ0) is 16.0. The lowest BCUT2D eigenvalue weighted by Crippen LogP contribution is -2.62. The third-order valence-electron chi connectivity index (χ3n) is 2.92. The van der Waals surface area contributed by atoms with Gasteiger partial charge in [0.2, 0.25) is 0 Å². The minimum Gasteiger partial charge on any atom is -0.383 e. The molecule has 0 aliphatic carbocycles. The topological polar surface area (TPSA) is 58.8 Å². The zero-order valence-electron chi connectivity index (χ0n) is 12.5. The summed E-state index contributed by atoms with van der Waals surface area (Å²) in [4.78, 5) is 15.0. The van der Waals surface area contributed by atoms with Crippen molar-refractivity contribution in [2.75, 3.05) is 47.4 Å². The minimum absolute atomic E-state index is 0.0889. The smallest absolute Gasteiger partial charge is 0.383 e. The third-order valence-corrected chi connectivity index (χ3v) is 2.92. The molecular formula is C12H24F3N3O2. The summed E-state index contributed by atoms with van der Waals surface area (Å²) in [6.45, 7) is 1.83. The molecule has 0 aliphatic rings. The molecule has 0 saturated carbocycles. The molecule has 5 nitrogen and oxygen atoms in total. The molecule has 1 atom stereocenters. The van der Waals surface area contributed by atoms with Crippen molar-refractivity contribution < 1.29 is 22.7 Å². The maximum atomic E-state index is 12.8. The Morgan fingerprint density at radius 2 is 1.75 bits per heavy atom. The van der Waals surface area contributed by atoms with Gasteiger partial charge in [0.25, 0.3) is 5.91 Å². The predicted molar refractivity (Wildman–Crippen MR) is 70.3 cm³/mol. The van der Waals surface area contributed by atoms with Crippen LogP contribution in [0.15, 0.2) is 0 Å². The molecular weight excluding hydrogens is 275 g/mol. The summed E-state index contributed by atoms with van der Waals surface area (Å²) in [6.07, 6.45) is -4.21. The molecule has 0 aliphatic heterocycles. The van der Waals surface area contributed by atoms with Gasteiger partial charge < -0.3 is 20.3 Å². The van der Waals surface area contributed by atoms with Crippen LogP contribution in [0.25, 0.3) is 0 Å². The Labute approximate surface area is 117 Å². The second-order valence-corrected chi connectivity index (χ2v) is 5.14. The molecule has 1 amide bonds. The van der Waals surface area contributed by atoms with Gasteiger partial charge >= 0.3 is 6.18 Å². The van der Waals surface area contributed by atoms with Gasteiger partial charge in [-0.25, -0.2) is 0 Å². The number of methoxy groups -OCH3 is 1. The molecule has 0 aromatic rings.